The first kappa shape index (κ1) is 15.3. The highest BCUT2D eigenvalue weighted by Crippen LogP contribution is 2.20. The van der Waals surface area contributed by atoms with Gasteiger partial charge in [0.15, 0.2) is 0 Å². The van der Waals surface area contributed by atoms with Crippen molar-refractivity contribution in [3.8, 4) is 0 Å². The summed E-state index contributed by atoms with van der Waals surface area (Å²) in [5.74, 6) is 0.945. The lowest BCUT2D eigenvalue weighted by atomic mass is 9.95. The van der Waals surface area contributed by atoms with Gasteiger partial charge in [0.2, 0.25) is 0 Å². The highest BCUT2D eigenvalue weighted by Gasteiger charge is 2.25. The fourth-order valence-electron chi connectivity index (χ4n) is 3.48. The zero-order valence-corrected chi connectivity index (χ0v) is 13.4. The maximum absolute atomic E-state index is 2.70. The molecule has 2 rings (SSSR count). The van der Waals surface area contributed by atoms with Gasteiger partial charge in [-0.25, -0.2) is 0 Å². The van der Waals surface area contributed by atoms with E-state index in [0.29, 0.717) is 0 Å². The molecule has 0 spiro atoms. The quantitative estimate of drug-likeness (QED) is 0.772. The number of hydrogen-bond acceptors (Lipinski definition) is 3. The summed E-state index contributed by atoms with van der Waals surface area (Å²) in [6.45, 7) is 18.3. The van der Waals surface area contributed by atoms with E-state index in [2.05, 4.69) is 42.4 Å². The zero-order valence-electron chi connectivity index (χ0n) is 13.4. The van der Waals surface area contributed by atoms with Gasteiger partial charge < -0.3 is 9.80 Å². The monoisotopic (exact) mass is 267 g/mol. The van der Waals surface area contributed by atoms with Crippen LogP contribution in [0.4, 0.5) is 0 Å². The standard InChI is InChI=1S/C16H33N3/c1-14(2)18-7-5-16(6-8-18)13-17-9-11-19(12-10-17)15(3)4/h14-16H,5-13H2,1-4H3. The van der Waals surface area contributed by atoms with Crippen molar-refractivity contribution < 1.29 is 0 Å². The molecular formula is C16H33N3. The normalized spacial score (nSPS) is 25.6. The minimum absolute atomic E-state index is 0.719. The Balaban J connectivity index is 1.67. The maximum Gasteiger partial charge on any atom is 0.0113 e. The SMILES string of the molecule is CC(C)N1CCC(CN2CCN(C(C)C)CC2)CC1. The number of piperidine rings is 1. The molecule has 0 aliphatic carbocycles. The highest BCUT2D eigenvalue weighted by atomic mass is 15.3. The first-order valence-electron chi connectivity index (χ1n) is 8.26. The van der Waals surface area contributed by atoms with Crippen LogP contribution in [0.5, 0.6) is 0 Å². The van der Waals surface area contributed by atoms with Gasteiger partial charge in [-0.15, -0.1) is 0 Å². The van der Waals surface area contributed by atoms with Crippen LogP contribution in [-0.2, 0) is 0 Å². The molecule has 0 aromatic carbocycles. The molecule has 0 unspecified atom stereocenters. The molecule has 0 aromatic heterocycles. The van der Waals surface area contributed by atoms with Gasteiger partial charge in [0.05, 0.1) is 0 Å². The van der Waals surface area contributed by atoms with Crippen LogP contribution in [0.3, 0.4) is 0 Å². The first-order valence-corrected chi connectivity index (χ1v) is 8.26. The van der Waals surface area contributed by atoms with Gasteiger partial charge in [0.25, 0.3) is 0 Å². The number of hydrogen-bond donors (Lipinski definition) is 0. The van der Waals surface area contributed by atoms with Crippen molar-refractivity contribution in [2.75, 3.05) is 45.8 Å². The van der Waals surface area contributed by atoms with E-state index in [0.717, 1.165) is 18.0 Å². The van der Waals surface area contributed by atoms with Gasteiger partial charge in [0.1, 0.15) is 0 Å². The van der Waals surface area contributed by atoms with E-state index in [1.54, 1.807) is 0 Å². The van der Waals surface area contributed by atoms with Gasteiger partial charge in [-0.3, -0.25) is 4.90 Å². The molecule has 19 heavy (non-hydrogen) atoms. The molecule has 112 valence electrons. The largest absolute Gasteiger partial charge is 0.301 e. The summed E-state index contributed by atoms with van der Waals surface area (Å²) < 4.78 is 0. The van der Waals surface area contributed by atoms with Crippen LogP contribution >= 0.6 is 0 Å². The number of piperazine rings is 1. The summed E-state index contributed by atoms with van der Waals surface area (Å²) in [5.41, 5.74) is 0. The molecule has 3 nitrogen and oxygen atoms in total. The first-order chi connectivity index (χ1) is 9.06. The molecule has 0 N–H and O–H groups in total. The van der Waals surface area contributed by atoms with Crippen molar-refractivity contribution in [3.63, 3.8) is 0 Å². The Kier molecular flexibility index (Phi) is 5.67. The number of rotatable bonds is 4. The summed E-state index contributed by atoms with van der Waals surface area (Å²) in [4.78, 5) is 7.94. The van der Waals surface area contributed by atoms with Crippen LogP contribution in [0.25, 0.3) is 0 Å². The Hall–Kier alpha value is -0.120. The van der Waals surface area contributed by atoms with Crippen LogP contribution in [0.2, 0.25) is 0 Å². The summed E-state index contributed by atoms with van der Waals surface area (Å²) in [5, 5.41) is 0. The molecule has 0 atom stereocenters. The second-order valence-electron chi connectivity index (χ2n) is 7.00. The molecule has 0 bridgehead atoms. The Morgan fingerprint density at radius 3 is 1.68 bits per heavy atom. The van der Waals surface area contributed by atoms with Crippen molar-refractivity contribution in [3.05, 3.63) is 0 Å². The summed E-state index contributed by atoms with van der Waals surface area (Å²) in [6.07, 6.45) is 2.81. The topological polar surface area (TPSA) is 9.72 Å². The predicted molar refractivity (Wildman–Crippen MR) is 82.6 cm³/mol. The Morgan fingerprint density at radius 1 is 0.737 bits per heavy atom. The fraction of sp³-hybridized carbons (Fsp3) is 1.00. The third-order valence-electron chi connectivity index (χ3n) is 5.03. The van der Waals surface area contributed by atoms with Crippen molar-refractivity contribution in [1.29, 1.82) is 0 Å². The minimum Gasteiger partial charge on any atom is -0.301 e. The average Bonchev–Trinajstić information content (AvgIpc) is 2.40. The lowest BCUT2D eigenvalue weighted by Gasteiger charge is -2.40. The molecule has 0 radical (unpaired) electrons. The fourth-order valence-corrected chi connectivity index (χ4v) is 3.48. The van der Waals surface area contributed by atoms with Crippen molar-refractivity contribution in [2.24, 2.45) is 5.92 Å². The Bertz CT molecular complexity index is 223. The van der Waals surface area contributed by atoms with Crippen LogP contribution in [0.1, 0.15) is 40.5 Å². The molecule has 2 aliphatic heterocycles. The number of likely N-dealkylation sites (tertiary alicyclic amines) is 1. The van der Waals surface area contributed by atoms with Crippen LogP contribution in [0, 0.1) is 5.92 Å². The van der Waals surface area contributed by atoms with E-state index in [4.69, 9.17) is 0 Å². The lowest BCUT2D eigenvalue weighted by molar-refractivity contribution is 0.0758. The predicted octanol–water partition coefficient (Wildman–Crippen LogP) is 2.13. The number of nitrogens with zero attached hydrogens (tertiary/aromatic N) is 3. The Labute approximate surface area is 119 Å². The molecule has 3 heteroatoms. The molecule has 2 heterocycles. The van der Waals surface area contributed by atoms with Gasteiger partial charge in [0, 0.05) is 44.8 Å². The van der Waals surface area contributed by atoms with Crippen molar-refractivity contribution >= 4 is 0 Å². The molecule has 2 saturated heterocycles. The van der Waals surface area contributed by atoms with E-state index in [9.17, 15) is 0 Å². The summed E-state index contributed by atoms with van der Waals surface area (Å²) >= 11 is 0. The van der Waals surface area contributed by atoms with Crippen LogP contribution in [0.15, 0.2) is 0 Å². The third-order valence-corrected chi connectivity index (χ3v) is 5.03. The zero-order chi connectivity index (χ0) is 13.8. The van der Waals surface area contributed by atoms with Crippen molar-refractivity contribution in [1.82, 2.24) is 14.7 Å². The van der Waals surface area contributed by atoms with Gasteiger partial charge in [-0.1, -0.05) is 0 Å². The minimum atomic E-state index is 0.719. The van der Waals surface area contributed by atoms with E-state index in [1.807, 2.05) is 0 Å². The van der Waals surface area contributed by atoms with E-state index in [-0.39, 0.29) is 0 Å². The molecule has 0 aromatic rings. The van der Waals surface area contributed by atoms with Gasteiger partial charge in [-0.05, 0) is 59.5 Å². The second-order valence-corrected chi connectivity index (χ2v) is 7.00. The highest BCUT2D eigenvalue weighted by molar-refractivity contribution is 4.80. The third kappa shape index (κ3) is 4.44. The molecule has 0 amide bonds. The van der Waals surface area contributed by atoms with Crippen LogP contribution < -0.4 is 0 Å². The summed E-state index contributed by atoms with van der Waals surface area (Å²) in [7, 11) is 0. The molecule has 0 saturated carbocycles. The van der Waals surface area contributed by atoms with Crippen LogP contribution in [-0.4, -0.2) is 72.6 Å². The van der Waals surface area contributed by atoms with E-state index in [1.165, 1.54) is 58.7 Å². The van der Waals surface area contributed by atoms with E-state index >= 15 is 0 Å². The maximum atomic E-state index is 2.70. The smallest absolute Gasteiger partial charge is 0.0113 e. The van der Waals surface area contributed by atoms with E-state index < -0.39 is 0 Å². The summed E-state index contributed by atoms with van der Waals surface area (Å²) in [6, 6.07) is 1.45. The second kappa shape index (κ2) is 7.05. The molecular weight excluding hydrogens is 234 g/mol. The molecule has 2 fully saturated rings. The molecule has 2 aliphatic rings. The average molecular weight is 267 g/mol. The van der Waals surface area contributed by atoms with Gasteiger partial charge >= 0.3 is 0 Å². The van der Waals surface area contributed by atoms with Gasteiger partial charge in [-0.2, -0.15) is 0 Å². The van der Waals surface area contributed by atoms with Crippen molar-refractivity contribution in [2.45, 2.75) is 52.6 Å². The lowest BCUT2D eigenvalue weighted by Crippen LogP contribution is -2.50. The Morgan fingerprint density at radius 2 is 1.21 bits per heavy atom.